The van der Waals surface area contributed by atoms with Crippen LogP contribution in [0.15, 0.2) is 58.9 Å². The number of hydrogen-bond donors (Lipinski definition) is 0. The van der Waals surface area contributed by atoms with Crippen LogP contribution in [0.2, 0.25) is 5.02 Å². The van der Waals surface area contributed by atoms with E-state index in [-0.39, 0.29) is 17.5 Å². The Balaban J connectivity index is 1.61. The molecule has 1 aliphatic heterocycles. The molecule has 0 spiro atoms. The minimum absolute atomic E-state index is 0.163. The summed E-state index contributed by atoms with van der Waals surface area (Å²) in [4.78, 5) is 29.3. The molecule has 5 rings (SSSR count). The zero-order valence-corrected chi connectivity index (χ0v) is 24.9. The molecule has 0 amide bonds. The van der Waals surface area contributed by atoms with Gasteiger partial charge in [0.15, 0.2) is 23.1 Å². The Morgan fingerprint density at radius 3 is 2.24 bits per heavy atom. The molecule has 38 heavy (non-hydrogen) atoms. The van der Waals surface area contributed by atoms with Crippen molar-refractivity contribution in [2.45, 2.75) is 71.3 Å². The van der Waals surface area contributed by atoms with Crippen molar-refractivity contribution in [3.8, 4) is 11.5 Å². The van der Waals surface area contributed by atoms with Gasteiger partial charge in [-0.05, 0) is 97.0 Å². The molecule has 0 unspecified atom stereocenters. The highest BCUT2D eigenvalue weighted by Crippen LogP contribution is 2.50. The minimum Gasteiger partial charge on any atom is -0.490 e. The SMILES string of the molecule is CCCN1C2=C(C(=O)CCC2)C(c2cc(I)c(OCc3cccc(Cl)c3)c(OCC)c2)C2=C1CCCC2=O. The highest BCUT2D eigenvalue weighted by Gasteiger charge is 2.43. The monoisotopic (exact) mass is 645 g/mol. The summed E-state index contributed by atoms with van der Waals surface area (Å²) in [6.45, 7) is 5.76. The van der Waals surface area contributed by atoms with Crippen LogP contribution in [0, 0.1) is 3.57 Å². The molecular formula is C31H33ClINO4. The Morgan fingerprint density at radius 2 is 1.63 bits per heavy atom. The van der Waals surface area contributed by atoms with Crippen molar-refractivity contribution in [1.29, 1.82) is 0 Å². The predicted molar refractivity (Wildman–Crippen MR) is 158 cm³/mol. The summed E-state index contributed by atoms with van der Waals surface area (Å²) < 4.78 is 13.2. The van der Waals surface area contributed by atoms with Gasteiger partial charge in [0, 0.05) is 52.9 Å². The van der Waals surface area contributed by atoms with Gasteiger partial charge < -0.3 is 14.4 Å². The zero-order chi connectivity index (χ0) is 26.8. The lowest BCUT2D eigenvalue weighted by Crippen LogP contribution is -2.39. The van der Waals surface area contributed by atoms with Gasteiger partial charge in [-0.25, -0.2) is 0 Å². The van der Waals surface area contributed by atoms with Crippen LogP contribution in [-0.2, 0) is 16.2 Å². The van der Waals surface area contributed by atoms with Gasteiger partial charge >= 0.3 is 0 Å². The molecule has 0 saturated heterocycles. The summed E-state index contributed by atoms with van der Waals surface area (Å²) in [6, 6.07) is 11.7. The van der Waals surface area contributed by atoms with Crippen molar-refractivity contribution in [2.75, 3.05) is 13.2 Å². The fourth-order valence-corrected chi connectivity index (χ4v) is 6.98. The van der Waals surface area contributed by atoms with Crippen LogP contribution in [0.5, 0.6) is 11.5 Å². The summed E-state index contributed by atoms with van der Waals surface area (Å²) in [5.74, 6) is 1.26. The van der Waals surface area contributed by atoms with Crippen molar-refractivity contribution in [1.82, 2.24) is 4.90 Å². The number of Topliss-reactive ketones (excluding diaryl/α,β-unsaturated/α-hetero) is 2. The molecule has 0 fully saturated rings. The van der Waals surface area contributed by atoms with Crippen LogP contribution >= 0.6 is 34.2 Å². The number of hydrogen-bond acceptors (Lipinski definition) is 5. The van der Waals surface area contributed by atoms with E-state index >= 15 is 0 Å². The van der Waals surface area contributed by atoms with Crippen molar-refractivity contribution in [3.05, 3.63) is 78.7 Å². The minimum atomic E-state index is -0.358. The van der Waals surface area contributed by atoms with E-state index in [0.29, 0.717) is 42.6 Å². The molecule has 1 heterocycles. The molecule has 5 nitrogen and oxygen atoms in total. The smallest absolute Gasteiger partial charge is 0.174 e. The third-order valence-corrected chi connectivity index (χ3v) is 8.51. The average Bonchev–Trinajstić information content (AvgIpc) is 2.89. The average molecular weight is 646 g/mol. The first-order chi connectivity index (χ1) is 18.4. The number of carbonyl (C=O) groups is 2. The van der Waals surface area contributed by atoms with E-state index in [1.807, 2.05) is 37.3 Å². The highest BCUT2D eigenvalue weighted by atomic mass is 127. The zero-order valence-electron chi connectivity index (χ0n) is 21.9. The van der Waals surface area contributed by atoms with Gasteiger partial charge in [-0.1, -0.05) is 30.7 Å². The molecule has 0 radical (unpaired) electrons. The summed E-state index contributed by atoms with van der Waals surface area (Å²) in [6.07, 6.45) is 5.49. The van der Waals surface area contributed by atoms with E-state index in [1.54, 1.807) is 0 Å². The quantitative estimate of drug-likeness (QED) is 0.275. The van der Waals surface area contributed by atoms with Gasteiger partial charge in [0.2, 0.25) is 0 Å². The molecule has 0 bridgehead atoms. The number of carbonyl (C=O) groups excluding carboxylic acids is 2. The molecule has 200 valence electrons. The summed E-state index contributed by atoms with van der Waals surface area (Å²) >= 11 is 8.44. The van der Waals surface area contributed by atoms with E-state index in [9.17, 15) is 9.59 Å². The Morgan fingerprint density at radius 1 is 0.947 bits per heavy atom. The number of halogens is 2. The molecule has 0 atom stereocenters. The van der Waals surface area contributed by atoms with Gasteiger partial charge in [0.05, 0.1) is 10.2 Å². The van der Waals surface area contributed by atoms with Crippen LogP contribution in [0.4, 0.5) is 0 Å². The van der Waals surface area contributed by atoms with E-state index in [2.05, 4.69) is 40.5 Å². The normalized spacial score (nSPS) is 18.1. The maximum Gasteiger partial charge on any atom is 0.174 e. The molecule has 2 aromatic rings. The van der Waals surface area contributed by atoms with Crippen molar-refractivity contribution in [2.24, 2.45) is 0 Å². The maximum absolute atomic E-state index is 13.5. The molecule has 3 aliphatic rings. The Hall–Kier alpha value is -2.32. The Kier molecular flexibility index (Phi) is 8.48. The standard InChI is InChI=1S/C31H33ClINO4/c1-3-14-34-23-10-6-12-25(35)29(23)28(30-24(34)11-7-13-26(30)36)20-16-22(33)31(27(17-20)37-4-2)38-18-19-8-5-9-21(32)15-19/h5,8-9,15-17,28H,3-4,6-7,10-14,18H2,1-2H3. The summed E-state index contributed by atoms with van der Waals surface area (Å²) in [7, 11) is 0. The Labute approximate surface area is 243 Å². The maximum atomic E-state index is 13.5. The molecule has 0 N–H and O–H groups in total. The second-order valence-electron chi connectivity index (χ2n) is 10.0. The number of ketones is 2. The molecule has 2 aromatic carbocycles. The van der Waals surface area contributed by atoms with Crippen molar-refractivity contribution >= 4 is 45.8 Å². The molecule has 2 aliphatic carbocycles. The van der Waals surface area contributed by atoms with Crippen molar-refractivity contribution < 1.29 is 19.1 Å². The van der Waals surface area contributed by atoms with E-state index in [4.69, 9.17) is 21.1 Å². The lowest BCUT2D eigenvalue weighted by molar-refractivity contribution is -0.117. The lowest BCUT2D eigenvalue weighted by atomic mass is 9.71. The fourth-order valence-electron chi connectivity index (χ4n) is 5.98. The van der Waals surface area contributed by atoms with Gasteiger partial charge in [-0.15, -0.1) is 0 Å². The number of nitrogens with zero attached hydrogens (tertiary/aromatic N) is 1. The number of ether oxygens (including phenoxy) is 2. The van der Waals surface area contributed by atoms with Gasteiger partial charge in [0.25, 0.3) is 0 Å². The summed E-state index contributed by atoms with van der Waals surface area (Å²) in [5, 5.41) is 0.665. The number of rotatable bonds is 8. The first-order valence-electron chi connectivity index (χ1n) is 13.6. The second-order valence-corrected chi connectivity index (χ2v) is 11.6. The molecule has 0 saturated carbocycles. The third-order valence-electron chi connectivity index (χ3n) is 7.47. The number of benzene rings is 2. The molecular weight excluding hydrogens is 613 g/mol. The predicted octanol–water partition coefficient (Wildman–Crippen LogP) is 7.75. The van der Waals surface area contributed by atoms with E-state index in [0.717, 1.165) is 75.9 Å². The molecule has 0 aromatic heterocycles. The van der Waals surface area contributed by atoms with Gasteiger partial charge in [-0.2, -0.15) is 0 Å². The summed E-state index contributed by atoms with van der Waals surface area (Å²) in [5.41, 5.74) is 5.75. The topological polar surface area (TPSA) is 55.8 Å². The first kappa shape index (κ1) is 27.3. The lowest BCUT2D eigenvalue weighted by Gasteiger charge is -2.44. The van der Waals surface area contributed by atoms with Crippen LogP contribution in [-0.4, -0.2) is 29.6 Å². The first-order valence-corrected chi connectivity index (χ1v) is 15.0. The highest BCUT2D eigenvalue weighted by molar-refractivity contribution is 14.1. The van der Waals surface area contributed by atoms with Crippen LogP contribution in [0.25, 0.3) is 0 Å². The third kappa shape index (κ3) is 5.26. The van der Waals surface area contributed by atoms with E-state index < -0.39 is 0 Å². The Bertz CT molecular complexity index is 1290. The van der Waals surface area contributed by atoms with E-state index in [1.165, 1.54) is 0 Å². The van der Waals surface area contributed by atoms with Crippen LogP contribution in [0.1, 0.15) is 75.8 Å². The largest absolute Gasteiger partial charge is 0.490 e. The second kappa shape index (κ2) is 11.8. The van der Waals surface area contributed by atoms with Crippen molar-refractivity contribution in [3.63, 3.8) is 0 Å². The van der Waals surface area contributed by atoms with Crippen LogP contribution in [0.3, 0.4) is 0 Å². The molecule has 7 heteroatoms. The van der Waals surface area contributed by atoms with Gasteiger partial charge in [-0.3, -0.25) is 9.59 Å². The number of allylic oxidation sites excluding steroid dienone is 4. The fraction of sp³-hybridized carbons (Fsp3) is 0.419. The van der Waals surface area contributed by atoms with Crippen LogP contribution < -0.4 is 9.47 Å². The van der Waals surface area contributed by atoms with Gasteiger partial charge in [0.1, 0.15) is 6.61 Å².